The van der Waals surface area contributed by atoms with E-state index in [1.165, 1.54) is 0 Å². The predicted octanol–water partition coefficient (Wildman–Crippen LogP) is 2.12. The second kappa shape index (κ2) is 4.08. The molecule has 0 bridgehead atoms. The quantitative estimate of drug-likeness (QED) is 0.784. The second-order valence-electron chi connectivity index (χ2n) is 4.74. The lowest BCUT2D eigenvalue weighted by Crippen LogP contribution is -2.21. The fraction of sp³-hybridized carbons (Fsp3) is 0.385. The van der Waals surface area contributed by atoms with Gasteiger partial charge in [0.05, 0.1) is 6.54 Å². The molecule has 1 atom stereocenters. The van der Waals surface area contributed by atoms with Gasteiger partial charge in [-0.1, -0.05) is 12.1 Å². The summed E-state index contributed by atoms with van der Waals surface area (Å²) in [6.45, 7) is 2.27. The van der Waals surface area contributed by atoms with Crippen molar-refractivity contribution < 1.29 is 4.39 Å². The molecule has 1 aromatic heterocycles. The number of hydrogen-bond acceptors (Lipinski definition) is 3. The molecule has 4 nitrogen and oxygen atoms in total. The van der Waals surface area contributed by atoms with Crippen molar-refractivity contribution in [2.24, 2.45) is 0 Å². The standard InChI is InChI=1S/C13H15FN4/c1-8-2-3-9(6-11(8)15)13-16-12-5-4-10(14)7-18(12)17-13/h2-3,6,10H,4-5,7,15H2,1H3. The van der Waals surface area contributed by atoms with Gasteiger partial charge in [0, 0.05) is 17.7 Å². The van der Waals surface area contributed by atoms with Crippen LogP contribution in [0.1, 0.15) is 17.8 Å². The van der Waals surface area contributed by atoms with Gasteiger partial charge in [0.2, 0.25) is 0 Å². The van der Waals surface area contributed by atoms with Crippen LogP contribution in [0.15, 0.2) is 18.2 Å². The summed E-state index contributed by atoms with van der Waals surface area (Å²) in [6, 6.07) is 5.76. The number of alkyl halides is 1. The number of nitrogens with two attached hydrogens (primary N) is 1. The molecule has 18 heavy (non-hydrogen) atoms. The number of hydrogen-bond donors (Lipinski definition) is 1. The van der Waals surface area contributed by atoms with E-state index in [4.69, 9.17) is 5.73 Å². The van der Waals surface area contributed by atoms with Crippen LogP contribution in [0.5, 0.6) is 0 Å². The minimum absolute atomic E-state index is 0.309. The van der Waals surface area contributed by atoms with E-state index in [2.05, 4.69) is 10.1 Å². The maximum Gasteiger partial charge on any atom is 0.181 e. The fourth-order valence-corrected chi connectivity index (χ4v) is 2.17. The Morgan fingerprint density at radius 3 is 3.06 bits per heavy atom. The van der Waals surface area contributed by atoms with E-state index in [9.17, 15) is 4.39 Å². The molecule has 0 saturated carbocycles. The third kappa shape index (κ3) is 1.85. The van der Waals surface area contributed by atoms with Gasteiger partial charge < -0.3 is 5.73 Å². The molecule has 0 fully saturated rings. The molecule has 2 heterocycles. The monoisotopic (exact) mass is 246 g/mol. The minimum Gasteiger partial charge on any atom is -0.398 e. The Bertz CT molecular complexity index is 591. The summed E-state index contributed by atoms with van der Waals surface area (Å²) in [5.74, 6) is 1.49. The van der Waals surface area contributed by atoms with Crippen LogP contribution in [0.25, 0.3) is 11.4 Å². The third-order valence-electron chi connectivity index (χ3n) is 3.34. The molecule has 0 radical (unpaired) electrons. The van der Waals surface area contributed by atoms with E-state index < -0.39 is 6.17 Å². The SMILES string of the molecule is Cc1ccc(-c2nc3n(n2)CC(F)CC3)cc1N. The van der Waals surface area contributed by atoms with Crippen molar-refractivity contribution in [1.82, 2.24) is 14.8 Å². The number of rotatable bonds is 1. The van der Waals surface area contributed by atoms with Crippen LogP contribution < -0.4 is 5.73 Å². The fourth-order valence-electron chi connectivity index (χ4n) is 2.17. The summed E-state index contributed by atoms with van der Waals surface area (Å²) in [6.07, 6.45) is 0.374. The summed E-state index contributed by atoms with van der Waals surface area (Å²) in [7, 11) is 0. The highest BCUT2D eigenvalue weighted by Crippen LogP contribution is 2.23. The first-order valence-corrected chi connectivity index (χ1v) is 6.08. The molecule has 2 aromatic rings. The van der Waals surface area contributed by atoms with Crippen molar-refractivity contribution in [3.8, 4) is 11.4 Å². The van der Waals surface area contributed by atoms with Crippen LogP contribution in [-0.2, 0) is 13.0 Å². The first-order valence-electron chi connectivity index (χ1n) is 6.08. The molecule has 1 unspecified atom stereocenters. The summed E-state index contributed by atoms with van der Waals surface area (Å²) < 4.78 is 14.9. The Balaban J connectivity index is 2.00. The van der Waals surface area contributed by atoms with Crippen molar-refractivity contribution in [1.29, 1.82) is 0 Å². The summed E-state index contributed by atoms with van der Waals surface area (Å²) >= 11 is 0. The van der Waals surface area contributed by atoms with Crippen molar-refractivity contribution >= 4 is 5.69 Å². The first-order chi connectivity index (χ1) is 8.63. The van der Waals surface area contributed by atoms with Gasteiger partial charge in [0.15, 0.2) is 5.82 Å². The van der Waals surface area contributed by atoms with E-state index in [1.807, 2.05) is 25.1 Å². The number of aryl methyl sites for hydroxylation is 2. The highest BCUT2D eigenvalue weighted by Gasteiger charge is 2.21. The topological polar surface area (TPSA) is 56.7 Å². The molecule has 0 spiro atoms. The van der Waals surface area contributed by atoms with Gasteiger partial charge in [-0.2, -0.15) is 5.10 Å². The number of benzene rings is 1. The number of nitrogens with zero attached hydrogens (tertiary/aromatic N) is 3. The zero-order chi connectivity index (χ0) is 12.7. The van der Waals surface area contributed by atoms with Crippen LogP contribution in [0, 0.1) is 6.92 Å². The van der Waals surface area contributed by atoms with Crippen molar-refractivity contribution in [2.75, 3.05) is 5.73 Å². The molecule has 2 N–H and O–H groups in total. The molecule has 0 saturated heterocycles. The summed E-state index contributed by atoms with van der Waals surface area (Å²) in [5.41, 5.74) is 8.52. The number of nitrogen functional groups attached to an aromatic ring is 1. The van der Waals surface area contributed by atoms with Gasteiger partial charge in [-0.25, -0.2) is 14.1 Å². The molecular formula is C13H15FN4. The van der Waals surface area contributed by atoms with Crippen LogP contribution in [0.2, 0.25) is 0 Å². The average molecular weight is 246 g/mol. The van der Waals surface area contributed by atoms with E-state index >= 15 is 0 Å². The number of fused-ring (bicyclic) bond motifs is 1. The number of aromatic nitrogens is 3. The first kappa shape index (κ1) is 11.2. The molecule has 94 valence electrons. The lowest BCUT2D eigenvalue weighted by Gasteiger charge is -2.14. The maximum absolute atomic E-state index is 13.3. The Morgan fingerprint density at radius 2 is 2.28 bits per heavy atom. The van der Waals surface area contributed by atoms with Crippen molar-refractivity contribution in [3.05, 3.63) is 29.6 Å². The maximum atomic E-state index is 13.3. The molecule has 3 rings (SSSR count). The van der Waals surface area contributed by atoms with Crippen molar-refractivity contribution in [3.63, 3.8) is 0 Å². The Labute approximate surface area is 105 Å². The largest absolute Gasteiger partial charge is 0.398 e. The van der Waals surface area contributed by atoms with Gasteiger partial charge in [-0.05, 0) is 25.0 Å². The Morgan fingerprint density at radius 1 is 1.44 bits per heavy atom. The number of anilines is 1. The Kier molecular flexibility index (Phi) is 2.54. The lowest BCUT2D eigenvalue weighted by molar-refractivity contribution is 0.242. The van der Waals surface area contributed by atoms with Gasteiger partial charge in [0.1, 0.15) is 12.0 Å². The zero-order valence-electron chi connectivity index (χ0n) is 10.2. The van der Waals surface area contributed by atoms with E-state index in [1.54, 1.807) is 4.68 Å². The predicted molar refractivity (Wildman–Crippen MR) is 67.8 cm³/mol. The van der Waals surface area contributed by atoms with Gasteiger partial charge in [-0.3, -0.25) is 0 Å². The van der Waals surface area contributed by atoms with E-state index in [0.717, 1.165) is 22.6 Å². The molecule has 1 aromatic carbocycles. The smallest absolute Gasteiger partial charge is 0.181 e. The highest BCUT2D eigenvalue weighted by molar-refractivity contribution is 5.63. The molecule has 1 aliphatic heterocycles. The minimum atomic E-state index is -0.810. The molecular weight excluding hydrogens is 231 g/mol. The Hall–Kier alpha value is -1.91. The normalized spacial score (nSPS) is 18.7. The molecule has 1 aliphatic rings. The van der Waals surface area contributed by atoms with Crippen LogP contribution in [0.3, 0.4) is 0 Å². The number of halogens is 1. The third-order valence-corrected chi connectivity index (χ3v) is 3.34. The van der Waals surface area contributed by atoms with Gasteiger partial charge >= 0.3 is 0 Å². The highest BCUT2D eigenvalue weighted by atomic mass is 19.1. The summed E-state index contributed by atoms with van der Waals surface area (Å²) in [4.78, 5) is 4.46. The van der Waals surface area contributed by atoms with Crippen LogP contribution in [-0.4, -0.2) is 20.9 Å². The average Bonchev–Trinajstić information content (AvgIpc) is 2.75. The van der Waals surface area contributed by atoms with Crippen molar-refractivity contribution in [2.45, 2.75) is 32.5 Å². The molecule has 0 aliphatic carbocycles. The zero-order valence-corrected chi connectivity index (χ0v) is 10.2. The summed E-state index contributed by atoms with van der Waals surface area (Å²) in [5, 5.41) is 4.35. The van der Waals surface area contributed by atoms with E-state index in [0.29, 0.717) is 25.2 Å². The van der Waals surface area contributed by atoms with Gasteiger partial charge in [0.25, 0.3) is 0 Å². The van der Waals surface area contributed by atoms with Gasteiger partial charge in [-0.15, -0.1) is 0 Å². The van der Waals surface area contributed by atoms with E-state index in [-0.39, 0.29) is 0 Å². The van der Waals surface area contributed by atoms with Crippen LogP contribution >= 0.6 is 0 Å². The van der Waals surface area contributed by atoms with Crippen LogP contribution in [0.4, 0.5) is 10.1 Å². The molecule has 5 heteroatoms. The lowest BCUT2D eigenvalue weighted by atomic mass is 10.1. The molecule has 0 amide bonds. The second-order valence-corrected chi connectivity index (χ2v) is 4.74.